The number of sulfonamides is 1. The zero-order chi connectivity index (χ0) is 26.0. The van der Waals surface area contributed by atoms with Crippen LogP contribution in [0.5, 0.6) is 0 Å². The van der Waals surface area contributed by atoms with Crippen LogP contribution in [0, 0.1) is 19.8 Å². The molecule has 2 aromatic heterocycles. The molecule has 7 nitrogen and oxygen atoms in total. The quantitative estimate of drug-likeness (QED) is 0.345. The lowest BCUT2D eigenvalue weighted by Crippen LogP contribution is -2.46. The Bertz CT molecular complexity index is 1290. The van der Waals surface area contributed by atoms with Crippen LogP contribution in [0.4, 0.5) is 5.13 Å². The van der Waals surface area contributed by atoms with Gasteiger partial charge in [-0.3, -0.25) is 9.69 Å². The van der Waals surface area contributed by atoms with Crippen molar-refractivity contribution in [2.45, 2.75) is 44.7 Å². The van der Waals surface area contributed by atoms with Gasteiger partial charge in [-0.2, -0.15) is 4.31 Å². The summed E-state index contributed by atoms with van der Waals surface area (Å²) in [7, 11) is -3.59. The van der Waals surface area contributed by atoms with Crippen LogP contribution in [0.1, 0.15) is 37.8 Å². The van der Waals surface area contributed by atoms with Crippen molar-refractivity contribution < 1.29 is 13.2 Å². The zero-order valence-corrected chi connectivity index (χ0v) is 24.4. The molecular weight excluding hydrogens is 536 g/mol. The molecule has 0 N–H and O–H groups in total. The molecule has 36 heavy (non-hydrogen) atoms. The van der Waals surface area contributed by atoms with Crippen LogP contribution in [-0.2, 0) is 14.8 Å². The Morgan fingerprint density at radius 2 is 1.72 bits per heavy atom. The molecule has 0 atom stereocenters. The van der Waals surface area contributed by atoms with Crippen LogP contribution < -0.4 is 4.90 Å². The maximum atomic E-state index is 13.9. The fourth-order valence-corrected chi connectivity index (χ4v) is 8.82. The highest BCUT2D eigenvalue weighted by atomic mass is 35.5. The Balaban J connectivity index is 1.55. The fraction of sp³-hybridized carbons (Fsp3) is 0.520. The number of piperidine rings is 1. The molecule has 1 aliphatic rings. The molecular formula is C25H33ClN4O3S3. The molecule has 0 unspecified atom stereocenters. The topological polar surface area (TPSA) is 73.8 Å². The molecule has 0 aliphatic carbocycles. The molecule has 1 saturated heterocycles. The number of thiazole rings is 1. The third-order valence-corrected chi connectivity index (χ3v) is 11.7. The Hall–Kier alpha value is -1.56. The van der Waals surface area contributed by atoms with E-state index in [0.717, 1.165) is 57.4 Å². The van der Waals surface area contributed by atoms with Gasteiger partial charge in [-0.25, -0.2) is 13.4 Å². The van der Waals surface area contributed by atoms with E-state index in [0.29, 0.717) is 36.8 Å². The van der Waals surface area contributed by atoms with Crippen molar-refractivity contribution in [2.24, 2.45) is 5.92 Å². The molecule has 11 heteroatoms. The van der Waals surface area contributed by atoms with E-state index in [9.17, 15) is 13.2 Å². The second-order valence-electron chi connectivity index (χ2n) is 9.13. The third kappa shape index (κ3) is 5.63. The average Bonchev–Trinajstić information content (AvgIpc) is 3.52. The van der Waals surface area contributed by atoms with Crippen LogP contribution in [0.3, 0.4) is 0 Å². The number of likely N-dealkylation sites (N-methyl/N-ethyl adjacent to an activating group) is 1. The summed E-state index contributed by atoms with van der Waals surface area (Å²) in [4.78, 5) is 22.9. The lowest BCUT2D eigenvalue weighted by molar-refractivity contribution is -0.123. The molecule has 3 aromatic rings. The molecule has 3 heterocycles. The summed E-state index contributed by atoms with van der Waals surface area (Å²) in [6, 6.07) is 7.31. The van der Waals surface area contributed by atoms with Gasteiger partial charge in [-0.05, 0) is 63.0 Å². The van der Waals surface area contributed by atoms with E-state index in [4.69, 9.17) is 16.6 Å². The fourth-order valence-electron chi connectivity index (χ4n) is 4.57. The number of carbonyl (C=O) groups is 1. The molecule has 1 amide bonds. The van der Waals surface area contributed by atoms with Crippen LogP contribution in [0.25, 0.3) is 10.2 Å². The third-order valence-electron chi connectivity index (χ3n) is 6.91. The van der Waals surface area contributed by atoms with Gasteiger partial charge < -0.3 is 4.90 Å². The van der Waals surface area contributed by atoms with Crippen LogP contribution in [-0.4, -0.2) is 67.8 Å². The van der Waals surface area contributed by atoms with Gasteiger partial charge in [-0.1, -0.05) is 48.9 Å². The predicted octanol–water partition coefficient (Wildman–Crippen LogP) is 5.40. The number of hydrogen-bond acceptors (Lipinski definition) is 7. The van der Waals surface area contributed by atoms with Crippen molar-refractivity contribution in [3.05, 3.63) is 39.7 Å². The van der Waals surface area contributed by atoms with Crippen molar-refractivity contribution in [3.8, 4) is 0 Å². The summed E-state index contributed by atoms with van der Waals surface area (Å²) in [6.07, 6.45) is 0.976. The number of benzene rings is 1. The number of aryl methyl sites for hydroxylation is 2. The molecule has 0 radical (unpaired) electrons. The molecule has 1 aliphatic heterocycles. The average molecular weight is 569 g/mol. The van der Waals surface area contributed by atoms with E-state index >= 15 is 0 Å². The smallest absolute Gasteiger partial charge is 0.252 e. The lowest BCUT2D eigenvalue weighted by Gasteiger charge is -2.33. The largest absolute Gasteiger partial charge is 0.302 e. The standard InChI is InChI=1S/C25H33ClN4O3S3/c1-5-28(6-2)15-16-30(25-27-22-17(3)7-8-18(4)23(22)35-25)24(31)19-11-13-29(14-12-19)36(32,33)21-10-9-20(26)34-21/h7-10,19H,5-6,11-16H2,1-4H3. The maximum absolute atomic E-state index is 13.9. The number of aromatic nitrogens is 1. The van der Waals surface area contributed by atoms with E-state index in [-0.39, 0.29) is 16.0 Å². The van der Waals surface area contributed by atoms with Gasteiger partial charge >= 0.3 is 0 Å². The Morgan fingerprint density at radius 1 is 1.06 bits per heavy atom. The number of hydrogen-bond donors (Lipinski definition) is 0. The van der Waals surface area contributed by atoms with Crippen molar-refractivity contribution in [3.63, 3.8) is 0 Å². The first kappa shape index (κ1) is 27.5. The van der Waals surface area contributed by atoms with Gasteiger partial charge in [0.25, 0.3) is 10.0 Å². The Morgan fingerprint density at radius 3 is 2.31 bits per heavy atom. The molecule has 0 spiro atoms. The summed E-state index contributed by atoms with van der Waals surface area (Å²) < 4.78 is 29.3. The van der Waals surface area contributed by atoms with Gasteiger partial charge in [0.2, 0.25) is 5.91 Å². The molecule has 196 valence electrons. The first-order valence-electron chi connectivity index (χ1n) is 12.3. The number of carbonyl (C=O) groups excluding carboxylic acids is 1. The number of thiophene rings is 1. The van der Waals surface area contributed by atoms with Crippen molar-refractivity contribution in [2.75, 3.05) is 44.2 Å². The summed E-state index contributed by atoms with van der Waals surface area (Å²) in [5, 5.41) is 0.725. The summed E-state index contributed by atoms with van der Waals surface area (Å²) >= 11 is 8.59. The summed E-state index contributed by atoms with van der Waals surface area (Å²) in [6.45, 7) is 12.1. The highest BCUT2D eigenvalue weighted by molar-refractivity contribution is 7.91. The normalized spacial score (nSPS) is 15.7. The number of rotatable bonds is 9. The first-order valence-corrected chi connectivity index (χ1v) is 15.8. The van der Waals surface area contributed by atoms with Gasteiger partial charge in [0.1, 0.15) is 4.21 Å². The van der Waals surface area contributed by atoms with Gasteiger partial charge in [-0.15, -0.1) is 11.3 Å². The molecule has 0 bridgehead atoms. The first-order chi connectivity index (χ1) is 17.1. The summed E-state index contributed by atoms with van der Waals surface area (Å²) in [5.74, 6) is -0.206. The monoisotopic (exact) mass is 568 g/mol. The maximum Gasteiger partial charge on any atom is 0.252 e. The molecule has 1 aromatic carbocycles. The van der Waals surface area contributed by atoms with E-state index < -0.39 is 10.0 Å². The van der Waals surface area contributed by atoms with Crippen molar-refractivity contribution in [1.82, 2.24) is 14.2 Å². The van der Waals surface area contributed by atoms with E-state index in [1.807, 2.05) is 11.8 Å². The minimum atomic E-state index is -3.59. The molecule has 1 fully saturated rings. The second kappa shape index (κ2) is 11.4. The van der Waals surface area contributed by atoms with E-state index in [1.165, 1.54) is 4.31 Å². The number of anilines is 1. The van der Waals surface area contributed by atoms with Gasteiger partial charge in [0.05, 0.1) is 14.6 Å². The van der Waals surface area contributed by atoms with Crippen molar-refractivity contribution in [1.29, 1.82) is 0 Å². The van der Waals surface area contributed by atoms with E-state index in [2.05, 4.69) is 37.8 Å². The van der Waals surface area contributed by atoms with Gasteiger partial charge in [0.15, 0.2) is 5.13 Å². The van der Waals surface area contributed by atoms with Crippen LogP contribution >= 0.6 is 34.3 Å². The minimum absolute atomic E-state index is 0.0349. The number of fused-ring (bicyclic) bond motifs is 1. The second-order valence-corrected chi connectivity index (χ2v) is 14.0. The highest BCUT2D eigenvalue weighted by Crippen LogP contribution is 2.35. The zero-order valence-electron chi connectivity index (χ0n) is 21.2. The Kier molecular flexibility index (Phi) is 8.74. The lowest BCUT2D eigenvalue weighted by atomic mass is 9.96. The Labute approximate surface area is 226 Å². The summed E-state index contributed by atoms with van der Waals surface area (Å²) in [5.41, 5.74) is 3.20. The number of amides is 1. The van der Waals surface area contributed by atoms with Gasteiger partial charge in [0, 0.05) is 32.1 Å². The highest BCUT2D eigenvalue weighted by Gasteiger charge is 2.35. The molecule has 0 saturated carbocycles. The SMILES string of the molecule is CCN(CC)CCN(C(=O)C1CCN(S(=O)(=O)c2ccc(Cl)s2)CC1)c1nc2c(C)ccc(C)c2s1. The number of nitrogens with zero attached hydrogens (tertiary/aromatic N) is 4. The molecule has 4 rings (SSSR count). The number of halogens is 1. The van der Waals surface area contributed by atoms with E-state index in [1.54, 1.807) is 23.5 Å². The van der Waals surface area contributed by atoms with Crippen LogP contribution in [0.2, 0.25) is 4.34 Å². The van der Waals surface area contributed by atoms with Crippen LogP contribution in [0.15, 0.2) is 28.5 Å². The van der Waals surface area contributed by atoms with Crippen molar-refractivity contribution >= 4 is 65.6 Å². The minimum Gasteiger partial charge on any atom is -0.302 e. The predicted molar refractivity (Wildman–Crippen MR) is 150 cm³/mol.